The first kappa shape index (κ1) is 16.4. The van der Waals surface area contributed by atoms with Gasteiger partial charge in [0, 0.05) is 31.4 Å². The average Bonchev–Trinajstić information content (AvgIpc) is 2.81. The molecule has 1 saturated heterocycles. The number of benzene rings is 1. The van der Waals surface area contributed by atoms with Crippen molar-refractivity contribution in [1.29, 1.82) is 0 Å². The van der Waals surface area contributed by atoms with E-state index in [0.717, 1.165) is 25.1 Å². The molecule has 2 atom stereocenters. The molecule has 0 spiro atoms. The van der Waals surface area contributed by atoms with Gasteiger partial charge in [0.05, 0.1) is 11.5 Å². The molecule has 1 heterocycles. The molecule has 5 nitrogen and oxygen atoms in total. The summed E-state index contributed by atoms with van der Waals surface area (Å²) in [5.41, 5.74) is 1.07. The van der Waals surface area contributed by atoms with Crippen LogP contribution in [0.4, 0.5) is 0 Å². The Morgan fingerprint density at radius 2 is 1.90 bits per heavy atom. The Balaban J connectivity index is 2.07. The highest BCUT2D eigenvalue weighted by atomic mass is 32.2. The molecule has 0 unspecified atom stereocenters. The number of hydrogen-bond donors (Lipinski definition) is 1. The lowest BCUT2D eigenvalue weighted by molar-refractivity contribution is 0.153. The van der Waals surface area contributed by atoms with Crippen molar-refractivity contribution in [2.45, 2.75) is 29.9 Å². The highest BCUT2D eigenvalue weighted by molar-refractivity contribution is 7.90. The second-order valence-electron chi connectivity index (χ2n) is 6.04. The van der Waals surface area contributed by atoms with E-state index in [4.69, 9.17) is 0 Å². The fraction of sp³-hybridized carbons (Fsp3) is 0.600. The quantitative estimate of drug-likeness (QED) is 0.862. The van der Waals surface area contributed by atoms with Crippen LogP contribution in [0.3, 0.4) is 0 Å². The summed E-state index contributed by atoms with van der Waals surface area (Å²) in [5.74, 6) is 0. The molecule has 2 rings (SSSR count). The van der Waals surface area contributed by atoms with Crippen LogP contribution >= 0.6 is 0 Å². The molecule has 0 saturated carbocycles. The summed E-state index contributed by atoms with van der Waals surface area (Å²) in [7, 11) is 0.976. The summed E-state index contributed by atoms with van der Waals surface area (Å²) in [6, 6.07) is 7.64. The fourth-order valence-corrected chi connectivity index (χ4v) is 3.42. The lowest BCUT2D eigenvalue weighted by Gasteiger charge is -2.23. The number of likely N-dealkylation sites (N-methyl/N-ethyl adjacent to an activating group) is 1. The summed E-state index contributed by atoms with van der Waals surface area (Å²) >= 11 is 0. The van der Waals surface area contributed by atoms with Gasteiger partial charge in [0.25, 0.3) is 0 Å². The number of hydrogen-bond acceptors (Lipinski definition) is 5. The topological polar surface area (TPSA) is 60.9 Å². The minimum Gasteiger partial charge on any atom is -0.395 e. The standard InChI is InChI=1S/C15H24N2O3S/c1-16(2)13-8-14(11-18)17(10-13)9-12-4-6-15(7-5-12)21(3,19)20/h4-7,13-14,18H,8-11H2,1-3H3/t13-,14+/m1/s1. The van der Waals surface area contributed by atoms with Crippen molar-refractivity contribution in [1.82, 2.24) is 9.80 Å². The van der Waals surface area contributed by atoms with Gasteiger partial charge in [0.15, 0.2) is 9.84 Å². The number of aliphatic hydroxyl groups is 1. The van der Waals surface area contributed by atoms with Gasteiger partial charge in [-0.25, -0.2) is 8.42 Å². The Labute approximate surface area is 127 Å². The highest BCUT2D eigenvalue weighted by Crippen LogP contribution is 2.23. The van der Waals surface area contributed by atoms with Crippen molar-refractivity contribution in [3.05, 3.63) is 29.8 Å². The van der Waals surface area contributed by atoms with Gasteiger partial charge in [-0.3, -0.25) is 4.90 Å². The van der Waals surface area contributed by atoms with Crippen LogP contribution in [-0.2, 0) is 16.4 Å². The van der Waals surface area contributed by atoms with Crippen LogP contribution < -0.4 is 0 Å². The van der Waals surface area contributed by atoms with Crippen LogP contribution in [0.25, 0.3) is 0 Å². The van der Waals surface area contributed by atoms with Crippen molar-refractivity contribution in [2.24, 2.45) is 0 Å². The molecule has 1 fully saturated rings. The van der Waals surface area contributed by atoms with E-state index < -0.39 is 9.84 Å². The number of likely N-dealkylation sites (tertiary alicyclic amines) is 1. The summed E-state index contributed by atoms with van der Waals surface area (Å²) in [4.78, 5) is 4.80. The van der Waals surface area contributed by atoms with E-state index in [1.54, 1.807) is 12.1 Å². The maximum atomic E-state index is 11.5. The zero-order valence-corrected chi connectivity index (χ0v) is 13.7. The van der Waals surface area contributed by atoms with Crippen LogP contribution in [0.15, 0.2) is 29.2 Å². The Bertz CT molecular complexity index is 569. The maximum absolute atomic E-state index is 11.5. The summed E-state index contributed by atoms with van der Waals surface area (Å²) in [6.45, 7) is 1.82. The van der Waals surface area contributed by atoms with E-state index in [2.05, 4.69) is 23.9 Å². The molecule has 1 aromatic carbocycles. The average molecular weight is 312 g/mol. The number of aliphatic hydroxyl groups excluding tert-OH is 1. The molecule has 6 heteroatoms. The molecule has 1 aliphatic rings. The van der Waals surface area contributed by atoms with Gasteiger partial charge in [-0.15, -0.1) is 0 Å². The molecular weight excluding hydrogens is 288 g/mol. The number of sulfone groups is 1. The molecule has 118 valence electrons. The van der Waals surface area contributed by atoms with E-state index in [9.17, 15) is 13.5 Å². The lowest BCUT2D eigenvalue weighted by Crippen LogP contribution is -2.33. The zero-order chi connectivity index (χ0) is 15.6. The molecule has 0 aromatic heterocycles. The Kier molecular flexibility index (Phi) is 5.03. The lowest BCUT2D eigenvalue weighted by atomic mass is 10.1. The zero-order valence-electron chi connectivity index (χ0n) is 12.9. The van der Waals surface area contributed by atoms with Gasteiger partial charge in [0.1, 0.15) is 0 Å². The first-order valence-electron chi connectivity index (χ1n) is 7.11. The SMILES string of the molecule is CN(C)[C@@H]1C[C@@H](CO)N(Cc2ccc(S(C)(=O)=O)cc2)C1. The molecular formula is C15H24N2O3S. The molecule has 21 heavy (non-hydrogen) atoms. The van der Waals surface area contributed by atoms with Crippen molar-refractivity contribution in [2.75, 3.05) is 33.5 Å². The predicted molar refractivity (Wildman–Crippen MR) is 82.9 cm³/mol. The van der Waals surface area contributed by atoms with Gasteiger partial charge in [0.2, 0.25) is 0 Å². The van der Waals surface area contributed by atoms with Crippen LogP contribution in [0.1, 0.15) is 12.0 Å². The van der Waals surface area contributed by atoms with Gasteiger partial charge < -0.3 is 10.0 Å². The predicted octanol–water partition coefficient (Wildman–Crippen LogP) is 0.587. The monoisotopic (exact) mass is 312 g/mol. The molecule has 1 aromatic rings. The van der Waals surface area contributed by atoms with Gasteiger partial charge in [-0.05, 0) is 38.2 Å². The first-order chi connectivity index (χ1) is 9.81. The van der Waals surface area contributed by atoms with E-state index in [-0.39, 0.29) is 12.6 Å². The second kappa shape index (κ2) is 6.44. The minimum absolute atomic E-state index is 0.158. The molecule has 0 amide bonds. The summed E-state index contributed by atoms with van der Waals surface area (Å²) in [5, 5.41) is 9.53. The largest absolute Gasteiger partial charge is 0.395 e. The van der Waals surface area contributed by atoms with E-state index in [1.807, 2.05) is 12.1 Å². The molecule has 0 aliphatic carbocycles. The number of nitrogens with zero attached hydrogens (tertiary/aromatic N) is 2. The Morgan fingerprint density at radius 3 is 2.38 bits per heavy atom. The third-order valence-corrected chi connectivity index (χ3v) is 5.31. The van der Waals surface area contributed by atoms with Crippen molar-refractivity contribution >= 4 is 9.84 Å². The second-order valence-corrected chi connectivity index (χ2v) is 8.05. The molecule has 1 N–H and O–H groups in total. The Hall–Kier alpha value is -0.950. The summed E-state index contributed by atoms with van der Waals surface area (Å²) < 4.78 is 22.9. The molecule has 1 aliphatic heterocycles. The van der Waals surface area contributed by atoms with Crippen LogP contribution in [0.2, 0.25) is 0 Å². The third kappa shape index (κ3) is 4.03. The van der Waals surface area contributed by atoms with Crippen LogP contribution in [-0.4, -0.2) is 68.9 Å². The van der Waals surface area contributed by atoms with Gasteiger partial charge >= 0.3 is 0 Å². The van der Waals surface area contributed by atoms with Crippen LogP contribution in [0.5, 0.6) is 0 Å². The maximum Gasteiger partial charge on any atom is 0.175 e. The Morgan fingerprint density at radius 1 is 1.29 bits per heavy atom. The third-order valence-electron chi connectivity index (χ3n) is 4.18. The van der Waals surface area contributed by atoms with E-state index in [0.29, 0.717) is 10.9 Å². The van der Waals surface area contributed by atoms with Crippen LogP contribution in [0, 0.1) is 0 Å². The highest BCUT2D eigenvalue weighted by Gasteiger charge is 2.32. The minimum atomic E-state index is -3.14. The summed E-state index contributed by atoms with van der Waals surface area (Å²) in [6.07, 6.45) is 2.18. The van der Waals surface area contributed by atoms with Crippen molar-refractivity contribution in [3.63, 3.8) is 0 Å². The van der Waals surface area contributed by atoms with E-state index in [1.165, 1.54) is 6.26 Å². The van der Waals surface area contributed by atoms with Gasteiger partial charge in [-0.2, -0.15) is 0 Å². The van der Waals surface area contributed by atoms with Crippen molar-refractivity contribution in [3.8, 4) is 0 Å². The fourth-order valence-electron chi connectivity index (χ4n) is 2.79. The molecule has 0 radical (unpaired) electrons. The van der Waals surface area contributed by atoms with E-state index >= 15 is 0 Å². The van der Waals surface area contributed by atoms with Gasteiger partial charge in [-0.1, -0.05) is 12.1 Å². The first-order valence-corrected chi connectivity index (χ1v) is 9.00. The number of rotatable bonds is 5. The normalized spacial score (nSPS) is 23.9. The molecule has 0 bridgehead atoms. The van der Waals surface area contributed by atoms with Crippen molar-refractivity contribution < 1.29 is 13.5 Å². The smallest absolute Gasteiger partial charge is 0.175 e.